The predicted molar refractivity (Wildman–Crippen MR) is 50.5 cm³/mol. The summed E-state index contributed by atoms with van der Waals surface area (Å²) >= 11 is 0. The topological polar surface area (TPSA) is 37.8 Å². The lowest BCUT2D eigenvalue weighted by atomic mass is 10.3. The van der Waals surface area contributed by atoms with Gasteiger partial charge in [-0.25, -0.2) is 0 Å². The highest BCUT2D eigenvalue weighted by atomic mass is 19.4. The van der Waals surface area contributed by atoms with Crippen LogP contribution in [0.15, 0.2) is 12.3 Å². The molecule has 1 rings (SSSR count). The molecule has 15 heavy (non-hydrogen) atoms. The van der Waals surface area contributed by atoms with Gasteiger partial charge in [-0.15, -0.1) is 5.10 Å². The Morgan fingerprint density at radius 2 is 2.13 bits per heavy atom. The monoisotopic (exact) mass is 219 g/mol. The van der Waals surface area contributed by atoms with Gasteiger partial charge in [-0.3, -0.25) is 0 Å². The first-order valence-corrected chi connectivity index (χ1v) is 4.57. The van der Waals surface area contributed by atoms with Gasteiger partial charge in [0.05, 0.1) is 6.20 Å². The van der Waals surface area contributed by atoms with Gasteiger partial charge in [-0.05, 0) is 25.0 Å². The maximum absolute atomic E-state index is 11.8. The number of halogens is 3. The third-order valence-electron chi connectivity index (χ3n) is 1.73. The van der Waals surface area contributed by atoms with Crippen LogP contribution in [-0.2, 0) is 0 Å². The lowest BCUT2D eigenvalue weighted by Crippen LogP contribution is -2.11. The van der Waals surface area contributed by atoms with E-state index in [2.05, 4.69) is 15.5 Å². The van der Waals surface area contributed by atoms with Gasteiger partial charge in [0, 0.05) is 13.0 Å². The molecular weight excluding hydrogens is 207 g/mol. The molecule has 0 spiro atoms. The van der Waals surface area contributed by atoms with Crippen molar-refractivity contribution in [3.8, 4) is 0 Å². The van der Waals surface area contributed by atoms with Crippen LogP contribution in [0.5, 0.6) is 0 Å². The van der Waals surface area contributed by atoms with E-state index in [9.17, 15) is 13.2 Å². The number of aryl methyl sites for hydroxylation is 1. The van der Waals surface area contributed by atoms with Crippen LogP contribution in [-0.4, -0.2) is 22.9 Å². The minimum absolute atomic E-state index is 0.0408. The molecule has 0 aliphatic rings. The Bertz CT molecular complexity index is 312. The molecule has 0 radical (unpaired) electrons. The first kappa shape index (κ1) is 11.7. The van der Waals surface area contributed by atoms with Crippen LogP contribution < -0.4 is 5.32 Å². The van der Waals surface area contributed by atoms with E-state index < -0.39 is 12.6 Å². The maximum Gasteiger partial charge on any atom is 0.389 e. The number of anilines is 1. The van der Waals surface area contributed by atoms with Gasteiger partial charge in [0.1, 0.15) is 5.82 Å². The van der Waals surface area contributed by atoms with E-state index >= 15 is 0 Å². The van der Waals surface area contributed by atoms with Crippen molar-refractivity contribution >= 4 is 5.82 Å². The Kier molecular flexibility index (Phi) is 3.88. The summed E-state index contributed by atoms with van der Waals surface area (Å²) in [5, 5.41) is 10.2. The van der Waals surface area contributed by atoms with E-state index in [1.165, 1.54) is 0 Å². The Hall–Kier alpha value is -1.33. The molecule has 0 fully saturated rings. The summed E-state index contributed by atoms with van der Waals surface area (Å²) in [4.78, 5) is 0. The minimum Gasteiger partial charge on any atom is -0.369 e. The number of alkyl halides is 3. The molecule has 0 atom stereocenters. The molecule has 0 aliphatic carbocycles. The molecule has 1 N–H and O–H groups in total. The van der Waals surface area contributed by atoms with E-state index in [-0.39, 0.29) is 13.0 Å². The fourth-order valence-corrected chi connectivity index (χ4v) is 1.06. The van der Waals surface area contributed by atoms with Crippen molar-refractivity contribution in [2.75, 3.05) is 11.9 Å². The molecule has 0 bridgehead atoms. The molecule has 0 saturated heterocycles. The first-order chi connectivity index (χ1) is 6.97. The van der Waals surface area contributed by atoms with Crippen LogP contribution in [0, 0.1) is 6.92 Å². The lowest BCUT2D eigenvalue weighted by Gasteiger charge is -2.07. The molecule has 1 heterocycles. The van der Waals surface area contributed by atoms with Gasteiger partial charge in [-0.2, -0.15) is 18.3 Å². The summed E-state index contributed by atoms with van der Waals surface area (Å²) in [5.74, 6) is 0.511. The van der Waals surface area contributed by atoms with Crippen LogP contribution in [0.25, 0.3) is 0 Å². The molecular formula is C9H12F3N3. The molecule has 84 valence electrons. The summed E-state index contributed by atoms with van der Waals surface area (Å²) in [5.41, 5.74) is 0.920. The number of nitrogens with zero attached hydrogens (tertiary/aromatic N) is 2. The first-order valence-electron chi connectivity index (χ1n) is 4.57. The van der Waals surface area contributed by atoms with Crippen LogP contribution in [0.4, 0.5) is 19.0 Å². The Morgan fingerprint density at radius 1 is 1.40 bits per heavy atom. The third kappa shape index (κ3) is 5.19. The highest BCUT2D eigenvalue weighted by Gasteiger charge is 2.25. The molecule has 1 aromatic heterocycles. The molecule has 0 aliphatic heterocycles. The lowest BCUT2D eigenvalue weighted by molar-refractivity contribution is -0.134. The standard InChI is InChI=1S/C9H12F3N3/c1-7-5-8(15-14-6-7)13-4-2-3-9(10,11)12/h5-6H,2-4H2,1H3,(H,13,15). The van der Waals surface area contributed by atoms with Crippen LogP contribution >= 0.6 is 0 Å². The Balaban J connectivity index is 2.26. The molecule has 1 aromatic rings. The van der Waals surface area contributed by atoms with Crippen molar-refractivity contribution in [2.24, 2.45) is 0 Å². The second kappa shape index (κ2) is 4.95. The highest BCUT2D eigenvalue weighted by Crippen LogP contribution is 2.21. The van der Waals surface area contributed by atoms with Gasteiger partial charge < -0.3 is 5.32 Å². The maximum atomic E-state index is 11.8. The fraction of sp³-hybridized carbons (Fsp3) is 0.556. The number of nitrogens with one attached hydrogen (secondary N) is 1. The smallest absolute Gasteiger partial charge is 0.369 e. The second-order valence-corrected chi connectivity index (χ2v) is 3.26. The minimum atomic E-state index is -4.08. The van der Waals surface area contributed by atoms with Crippen molar-refractivity contribution in [3.05, 3.63) is 17.8 Å². The third-order valence-corrected chi connectivity index (χ3v) is 1.73. The largest absolute Gasteiger partial charge is 0.389 e. The predicted octanol–water partition coefficient (Wildman–Crippen LogP) is 2.54. The summed E-state index contributed by atoms with van der Waals surface area (Å²) in [6.07, 6.45) is -3.24. The summed E-state index contributed by atoms with van der Waals surface area (Å²) in [6, 6.07) is 1.74. The van der Waals surface area contributed by atoms with Gasteiger partial charge in [0.15, 0.2) is 0 Å². The van der Waals surface area contributed by atoms with Crippen molar-refractivity contribution in [2.45, 2.75) is 25.9 Å². The molecule has 0 unspecified atom stereocenters. The van der Waals surface area contributed by atoms with Gasteiger partial charge >= 0.3 is 6.18 Å². The molecule has 0 aromatic carbocycles. The number of aromatic nitrogens is 2. The van der Waals surface area contributed by atoms with Crippen molar-refractivity contribution < 1.29 is 13.2 Å². The average Bonchev–Trinajstić information content (AvgIpc) is 2.11. The highest BCUT2D eigenvalue weighted by molar-refractivity contribution is 5.34. The molecule has 6 heteroatoms. The quantitative estimate of drug-likeness (QED) is 0.791. The molecule has 3 nitrogen and oxygen atoms in total. The summed E-state index contributed by atoms with van der Waals surface area (Å²) in [6.45, 7) is 2.09. The van der Waals surface area contributed by atoms with Crippen LogP contribution in [0.1, 0.15) is 18.4 Å². The molecule has 0 amide bonds. The SMILES string of the molecule is Cc1cnnc(NCCCC(F)(F)F)c1. The number of rotatable bonds is 4. The van der Waals surface area contributed by atoms with Crippen molar-refractivity contribution in [1.82, 2.24) is 10.2 Å². The molecule has 0 saturated carbocycles. The zero-order valence-corrected chi connectivity index (χ0v) is 8.30. The van der Waals surface area contributed by atoms with E-state index in [0.717, 1.165) is 5.56 Å². The van der Waals surface area contributed by atoms with Gasteiger partial charge in [0.2, 0.25) is 0 Å². The van der Waals surface area contributed by atoms with E-state index in [1.54, 1.807) is 12.3 Å². The Labute approximate surface area is 85.7 Å². The summed E-state index contributed by atoms with van der Waals surface area (Å²) < 4.78 is 35.4. The second-order valence-electron chi connectivity index (χ2n) is 3.26. The fourth-order valence-electron chi connectivity index (χ4n) is 1.06. The van der Waals surface area contributed by atoms with Crippen molar-refractivity contribution in [3.63, 3.8) is 0 Å². The van der Waals surface area contributed by atoms with E-state index in [4.69, 9.17) is 0 Å². The zero-order chi connectivity index (χ0) is 11.3. The number of hydrogen-bond donors (Lipinski definition) is 1. The Morgan fingerprint density at radius 3 is 2.73 bits per heavy atom. The van der Waals surface area contributed by atoms with E-state index in [1.807, 2.05) is 6.92 Å². The normalized spacial score (nSPS) is 11.5. The van der Waals surface area contributed by atoms with Crippen LogP contribution in [0.3, 0.4) is 0 Å². The van der Waals surface area contributed by atoms with Gasteiger partial charge in [0.25, 0.3) is 0 Å². The van der Waals surface area contributed by atoms with Gasteiger partial charge in [-0.1, -0.05) is 0 Å². The van der Waals surface area contributed by atoms with E-state index in [0.29, 0.717) is 5.82 Å². The zero-order valence-electron chi connectivity index (χ0n) is 8.30. The van der Waals surface area contributed by atoms with Crippen molar-refractivity contribution in [1.29, 1.82) is 0 Å². The average molecular weight is 219 g/mol. The number of hydrogen-bond acceptors (Lipinski definition) is 3. The summed E-state index contributed by atoms with van der Waals surface area (Å²) in [7, 11) is 0. The van der Waals surface area contributed by atoms with Crippen LogP contribution in [0.2, 0.25) is 0 Å².